The van der Waals surface area contributed by atoms with Gasteiger partial charge in [0, 0.05) is 0 Å². The summed E-state index contributed by atoms with van der Waals surface area (Å²) in [4.78, 5) is 0. The van der Waals surface area contributed by atoms with Gasteiger partial charge in [0.1, 0.15) is 23.8 Å². The third-order valence-corrected chi connectivity index (χ3v) is 3.24. The van der Waals surface area contributed by atoms with Gasteiger partial charge in [-0.25, -0.2) is 4.39 Å². The molecule has 1 heterocycles. The van der Waals surface area contributed by atoms with Crippen LogP contribution in [0.25, 0.3) is 0 Å². The minimum absolute atomic E-state index is 0.125. The second-order valence-corrected chi connectivity index (χ2v) is 4.64. The summed E-state index contributed by atoms with van der Waals surface area (Å²) in [5, 5.41) is 0. The van der Waals surface area contributed by atoms with Crippen molar-refractivity contribution in [3.8, 4) is 5.75 Å². The van der Waals surface area contributed by atoms with Crippen molar-refractivity contribution in [2.45, 2.75) is 19.1 Å². The first-order valence-electron chi connectivity index (χ1n) is 6.37. The SMILES string of the molecule is CC(Oc1cccc(F)c1[C@H]1CO1)c1ccccc1. The molecule has 3 heteroatoms. The number of hydrogen-bond acceptors (Lipinski definition) is 2. The van der Waals surface area contributed by atoms with E-state index in [2.05, 4.69) is 0 Å². The number of benzene rings is 2. The molecule has 0 N–H and O–H groups in total. The van der Waals surface area contributed by atoms with Gasteiger partial charge in [-0.2, -0.15) is 0 Å². The summed E-state index contributed by atoms with van der Waals surface area (Å²) in [6.45, 7) is 2.52. The summed E-state index contributed by atoms with van der Waals surface area (Å²) in [5.74, 6) is 0.305. The highest BCUT2D eigenvalue weighted by molar-refractivity contribution is 5.38. The molecule has 1 unspecified atom stereocenters. The molecule has 2 aromatic carbocycles. The van der Waals surface area contributed by atoms with E-state index in [0.717, 1.165) is 5.56 Å². The molecule has 1 saturated heterocycles. The number of hydrogen-bond donors (Lipinski definition) is 0. The molecule has 0 aromatic heterocycles. The van der Waals surface area contributed by atoms with Gasteiger partial charge >= 0.3 is 0 Å². The van der Waals surface area contributed by atoms with Gasteiger partial charge in [-0.1, -0.05) is 36.4 Å². The van der Waals surface area contributed by atoms with Gasteiger partial charge in [-0.3, -0.25) is 0 Å². The van der Waals surface area contributed by atoms with Gasteiger partial charge in [0.05, 0.1) is 12.2 Å². The highest BCUT2D eigenvalue weighted by atomic mass is 19.1. The van der Waals surface area contributed by atoms with Crippen LogP contribution in [0.1, 0.15) is 30.3 Å². The minimum atomic E-state index is -0.264. The summed E-state index contributed by atoms with van der Waals surface area (Å²) in [7, 11) is 0. The Morgan fingerprint density at radius 3 is 2.58 bits per heavy atom. The Labute approximate surface area is 111 Å². The molecule has 0 spiro atoms. The van der Waals surface area contributed by atoms with E-state index in [-0.39, 0.29) is 18.0 Å². The molecular weight excluding hydrogens is 243 g/mol. The topological polar surface area (TPSA) is 21.8 Å². The lowest BCUT2D eigenvalue weighted by Crippen LogP contribution is -2.05. The van der Waals surface area contributed by atoms with Gasteiger partial charge in [0.25, 0.3) is 0 Å². The lowest BCUT2D eigenvalue weighted by atomic mass is 10.1. The van der Waals surface area contributed by atoms with E-state index in [1.165, 1.54) is 6.07 Å². The van der Waals surface area contributed by atoms with Gasteiger partial charge < -0.3 is 9.47 Å². The van der Waals surface area contributed by atoms with Crippen molar-refractivity contribution < 1.29 is 13.9 Å². The standard InChI is InChI=1S/C16H15FO2/c1-11(12-6-3-2-4-7-12)19-14-9-5-8-13(17)16(14)15-10-18-15/h2-9,11,15H,10H2,1H3/t11?,15-/m1/s1. The lowest BCUT2D eigenvalue weighted by Gasteiger charge is -2.17. The number of halogens is 1. The molecule has 0 amide bonds. The molecule has 3 rings (SSSR count). The normalized spacial score (nSPS) is 18.9. The Bertz CT molecular complexity index is 564. The molecule has 0 bridgehead atoms. The van der Waals surface area contributed by atoms with E-state index in [0.29, 0.717) is 17.9 Å². The largest absolute Gasteiger partial charge is 0.486 e. The van der Waals surface area contributed by atoms with Crippen LogP contribution in [0.15, 0.2) is 48.5 Å². The quantitative estimate of drug-likeness (QED) is 0.772. The van der Waals surface area contributed by atoms with E-state index in [1.807, 2.05) is 37.3 Å². The molecule has 1 fully saturated rings. The van der Waals surface area contributed by atoms with Crippen molar-refractivity contribution >= 4 is 0 Å². The Balaban J connectivity index is 1.85. The lowest BCUT2D eigenvalue weighted by molar-refractivity contribution is 0.221. The monoisotopic (exact) mass is 258 g/mol. The van der Waals surface area contributed by atoms with Gasteiger partial charge in [0.2, 0.25) is 0 Å². The maximum absolute atomic E-state index is 13.8. The van der Waals surface area contributed by atoms with Crippen LogP contribution in [-0.4, -0.2) is 6.61 Å². The predicted octanol–water partition coefficient (Wildman–Crippen LogP) is 4.04. The highest BCUT2D eigenvalue weighted by Crippen LogP contribution is 2.39. The number of ether oxygens (including phenoxy) is 2. The van der Waals surface area contributed by atoms with Crippen LogP contribution in [-0.2, 0) is 4.74 Å². The fourth-order valence-electron chi connectivity index (χ4n) is 2.13. The summed E-state index contributed by atoms with van der Waals surface area (Å²) in [6.07, 6.45) is -0.278. The zero-order valence-corrected chi connectivity index (χ0v) is 10.7. The van der Waals surface area contributed by atoms with Crippen molar-refractivity contribution in [1.82, 2.24) is 0 Å². The van der Waals surface area contributed by atoms with Crippen LogP contribution >= 0.6 is 0 Å². The smallest absolute Gasteiger partial charge is 0.132 e. The Morgan fingerprint density at radius 1 is 1.16 bits per heavy atom. The van der Waals surface area contributed by atoms with Gasteiger partial charge in [0.15, 0.2) is 0 Å². The van der Waals surface area contributed by atoms with Crippen molar-refractivity contribution in [3.63, 3.8) is 0 Å². The third-order valence-electron chi connectivity index (χ3n) is 3.24. The number of rotatable bonds is 4. The minimum Gasteiger partial charge on any atom is -0.486 e. The van der Waals surface area contributed by atoms with Crippen LogP contribution in [0.4, 0.5) is 4.39 Å². The molecular formula is C16H15FO2. The average molecular weight is 258 g/mol. The Kier molecular flexibility index (Phi) is 3.22. The van der Waals surface area contributed by atoms with Gasteiger partial charge in [-0.05, 0) is 24.6 Å². The van der Waals surface area contributed by atoms with Crippen LogP contribution in [0.2, 0.25) is 0 Å². The first-order valence-corrected chi connectivity index (χ1v) is 6.37. The summed E-state index contributed by atoms with van der Waals surface area (Å²) >= 11 is 0. The van der Waals surface area contributed by atoms with Crippen LogP contribution in [0, 0.1) is 5.82 Å². The zero-order valence-electron chi connectivity index (χ0n) is 10.7. The maximum Gasteiger partial charge on any atom is 0.132 e. The molecule has 98 valence electrons. The molecule has 2 aromatic rings. The predicted molar refractivity (Wildman–Crippen MR) is 70.6 cm³/mol. The highest BCUT2D eigenvalue weighted by Gasteiger charge is 2.31. The van der Waals surface area contributed by atoms with E-state index in [4.69, 9.17) is 9.47 Å². The van der Waals surface area contributed by atoms with Crippen molar-refractivity contribution in [2.75, 3.05) is 6.61 Å². The molecule has 1 aliphatic rings. The first kappa shape index (κ1) is 12.2. The van der Waals surface area contributed by atoms with Crippen molar-refractivity contribution in [1.29, 1.82) is 0 Å². The molecule has 0 saturated carbocycles. The molecule has 2 nitrogen and oxygen atoms in total. The Hall–Kier alpha value is -1.87. The van der Waals surface area contributed by atoms with E-state index < -0.39 is 0 Å². The zero-order chi connectivity index (χ0) is 13.2. The van der Waals surface area contributed by atoms with Crippen LogP contribution in [0.3, 0.4) is 0 Å². The molecule has 19 heavy (non-hydrogen) atoms. The molecule has 1 aliphatic heterocycles. The maximum atomic E-state index is 13.8. The summed E-state index contributed by atoms with van der Waals surface area (Å²) in [5.41, 5.74) is 1.60. The molecule has 0 radical (unpaired) electrons. The Morgan fingerprint density at radius 2 is 1.89 bits per heavy atom. The summed E-state index contributed by atoms with van der Waals surface area (Å²) < 4.78 is 24.9. The molecule has 0 aliphatic carbocycles. The first-order chi connectivity index (χ1) is 9.25. The summed E-state index contributed by atoms with van der Waals surface area (Å²) in [6, 6.07) is 14.8. The van der Waals surface area contributed by atoms with Crippen molar-refractivity contribution in [3.05, 3.63) is 65.5 Å². The van der Waals surface area contributed by atoms with Gasteiger partial charge in [-0.15, -0.1) is 0 Å². The van der Waals surface area contributed by atoms with Crippen LogP contribution < -0.4 is 4.74 Å². The third kappa shape index (κ3) is 2.61. The number of epoxide rings is 1. The fraction of sp³-hybridized carbons (Fsp3) is 0.250. The van der Waals surface area contributed by atoms with E-state index in [9.17, 15) is 4.39 Å². The van der Waals surface area contributed by atoms with Crippen molar-refractivity contribution in [2.24, 2.45) is 0 Å². The average Bonchev–Trinajstić information content (AvgIpc) is 3.24. The fourth-order valence-corrected chi connectivity index (χ4v) is 2.13. The second kappa shape index (κ2) is 5.02. The second-order valence-electron chi connectivity index (χ2n) is 4.64. The molecule has 2 atom stereocenters. The van der Waals surface area contributed by atoms with E-state index >= 15 is 0 Å². The van der Waals surface area contributed by atoms with Crippen LogP contribution in [0.5, 0.6) is 5.75 Å². The van der Waals surface area contributed by atoms with E-state index in [1.54, 1.807) is 12.1 Å².